The van der Waals surface area contributed by atoms with E-state index in [4.69, 9.17) is 0 Å². The van der Waals surface area contributed by atoms with Crippen LogP contribution in [-0.2, 0) is 21.0 Å². The van der Waals surface area contributed by atoms with Crippen LogP contribution in [-0.4, -0.2) is 31.7 Å². The molecular formula is C28H24F4N4O3S. The van der Waals surface area contributed by atoms with Gasteiger partial charge in [0.05, 0.1) is 28.0 Å². The van der Waals surface area contributed by atoms with Crippen LogP contribution >= 0.6 is 0 Å². The van der Waals surface area contributed by atoms with E-state index < -0.39 is 40.0 Å². The molecule has 1 N–H and O–H groups in total. The van der Waals surface area contributed by atoms with Gasteiger partial charge in [0.15, 0.2) is 0 Å². The van der Waals surface area contributed by atoms with E-state index >= 15 is 0 Å². The third kappa shape index (κ3) is 6.07. The second kappa shape index (κ2) is 11.3. The van der Waals surface area contributed by atoms with Crippen LogP contribution in [0.15, 0.2) is 94.9 Å². The number of carbonyl (C=O) groups is 1. The monoisotopic (exact) mass is 572 g/mol. The molecule has 12 heteroatoms. The zero-order valence-corrected chi connectivity index (χ0v) is 22.2. The molecule has 0 saturated carbocycles. The van der Waals surface area contributed by atoms with Gasteiger partial charge in [0.1, 0.15) is 12.4 Å². The van der Waals surface area contributed by atoms with Gasteiger partial charge >= 0.3 is 6.18 Å². The van der Waals surface area contributed by atoms with Crippen LogP contribution in [0.5, 0.6) is 0 Å². The van der Waals surface area contributed by atoms with Gasteiger partial charge < -0.3 is 4.57 Å². The van der Waals surface area contributed by atoms with Gasteiger partial charge in [-0.3, -0.25) is 9.10 Å². The number of hydrogen-bond acceptors (Lipinski definition) is 4. The molecule has 4 rings (SSSR count). The number of amides is 1. The van der Waals surface area contributed by atoms with E-state index in [-0.39, 0.29) is 16.3 Å². The van der Waals surface area contributed by atoms with Crippen molar-refractivity contribution < 1.29 is 30.8 Å². The number of aromatic nitrogens is 1. The van der Waals surface area contributed by atoms with Crippen LogP contribution in [0.25, 0.3) is 5.69 Å². The maximum Gasteiger partial charge on any atom is 0.418 e. The number of hydrogen-bond donors (Lipinski definition) is 1. The van der Waals surface area contributed by atoms with E-state index in [9.17, 15) is 30.8 Å². The van der Waals surface area contributed by atoms with Crippen molar-refractivity contribution in [2.24, 2.45) is 5.10 Å². The SMILES string of the molecule is Cc1cc(/C=N\NC(=O)CN(c2ccc(F)cc2)S(=O)(=O)c2ccccc2)c(C)n1-c1ccccc1C(F)(F)F. The zero-order chi connectivity index (χ0) is 29.1. The van der Waals surface area contributed by atoms with Crippen molar-refractivity contribution in [1.82, 2.24) is 9.99 Å². The van der Waals surface area contributed by atoms with Crippen molar-refractivity contribution in [3.05, 3.63) is 113 Å². The van der Waals surface area contributed by atoms with E-state index in [1.807, 2.05) is 0 Å². The molecule has 0 fully saturated rings. The Labute approximate surface area is 228 Å². The van der Waals surface area contributed by atoms with Crippen molar-refractivity contribution >= 4 is 27.8 Å². The van der Waals surface area contributed by atoms with Crippen LogP contribution < -0.4 is 9.73 Å². The quantitative estimate of drug-likeness (QED) is 0.170. The number of sulfonamides is 1. The third-order valence-corrected chi connectivity index (χ3v) is 7.83. The smallest absolute Gasteiger partial charge is 0.317 e. The number of rotatable bonds is 8. The van der Waals surface area contributed by atoms with Crippen LogP contribution in [0, 0.1) is 19.7 Å². The number of benzene rings is 3. The van der Waals surface area contributed by atoms with Crippen molar-refractivity contribution in [3.8, 4) is 5.69 Å². The summed E-state index contributed by atoms with van der Waals surface area (Å²) in [5.41, 5.74) is 2.89. The van der Waals surface area contributed by atoms with Crippen LogP contribution in [0.1, 0.15) is 22.5 Å². The average molecular weight is 573 g/mol. The van der Waals surface area contributed by atoms with Crippen molar-refractivity contribution in [3.63, 3.8) is 0 Å². The summed E-state index contributed by atoms with van der Waals surface area (Å²) in [6.07, 6.45) is -3.29. The Morgan fingerprint density at radius 2 is 1.60 bits per heavy atom. The molecule has 1 amide bonds. The summed E-state index contributed by atoms with van der Waals surface area (Å²) in [4.78, 5) is 12.7. The first-order valence-corrected chi connectivity index (χ1v) is 13.3. The predicted molar refractivity (Wildman–Crippen MR) is 143 cm³/mol. The number of halogens is 4. The number of hydrazone groups is 1. The first-order valence-electron chi connectivity index (χ1n) is 11.9. The fourth-order valence-electron chi connectivity index (χ4n) is 4.18. The highest BCUT2D eigenvalue weighted by molar-refractivity contribution is 7.92. The second-order valence-electron chi connectivity index (χ2n) is 8.77. The standard InChI is InChI=1S/C28H24F4N4O3S/c1-19-16-21(20(2)36(19)26-11-7-6-10-25(26)28(30,31)32)17-33-34-27(37)18-35(23-14-12-22(29)13-15-23)40(38,39)24-8-4-3-5-9-24/h3-17H,18H2,1-2H3,(H,34,37)/b33-17-. The lowest BCUT2D eigenvalue weighted by Gasteiger charge is -2.23. The fourth-order valence-corrected chi connectivity index (χ4v) is 5.62. The molecule has 208 valence electrons. The van der Waals surface area contributed by atoms with Gasteiger partial charge in [-0.25, -0.2) is 18.2 Å². The molecule has 0 aliphatic heterocycles. The Morgan fingerprint density at radius 3 is 2.25 bits per heavy atom. The lowest BCUT2D eigenvalue weighted by molar-refractivity contribution is -0.137. The topological polar surface area (TPSA) is 83.8 Å². The van der Waals surface area contributed by atoms with Gasteiger partial charge in [-0.2, -0.15) is 18.3 Å². The molecule has 0 unspecified atom stereocenters. The first kappa shape index (κ1) is 28.6. The number of anilines is 1. The summed E-state index contributed by atoms with van der Waals surface area (Å²) in [5, 5.41) is 3.90. The summed E-state index contributed by atoms with van der Waals surface area (Å²) in [7, 11) is -4.19. The van der Waals surface area contributed by atoms with Gasteiger partial charge in [0.25, 0.3) is 15.9 Å². The highest BCUT2D eigenvalue weighted by atomic mass is 32.2. The summed E-state index contributed by atoms with van der Waals surface area (Å²) in [6.45, 7) is 2.59. The third-order valence-electron chi connectivity index (χ3n) is 6.05. The minimum absolute atomic E-state index is 0.0465. The van der Waals surface area contributed by atoms with E-state index in [0.717, 1.165) is 22.5 Å². The molecule has 4 aromatic rings. The second-order valence-corrected chi connectivity index (χ2v) is 10.6. The summed E-state index contributed by atoms with van der Waals surface area (Å²) < 4.78 is 83.1. The first-order chi connectivity index (χ1) is 18.9. The Morgan fingerprint density at radius 1 is 0.975 bits per heavy atom. The molecule has 3 aromatic carbocycles. The van der Waals surface area contributed by atoms with Gasteiger partial charge in [-0.05, 0) is 68.4 Å². The molecule has 7 nitrogen and oxygen atoms in total. The Balaban J connectivity index is 1.57. The average Bonchev–Trinajstić information content (AvgIpc) is 3.20. The number of alkyl halides is 3. The molecule has 0 bridgehead atoms. The summed E-state index contributed by atoms with van der Waals surface area (Å²) in [5.74, 6) is -1.37. The summed E-state index contributed by atoms with van der Waals surface area (Å²) >= 11 is 0. The lowest BCUT2D eigenvalue weighted by atomic mass is 10.1. The highest BCUT2D eigenvalue weighted by Crippen LogP contribution is 2.35. The fraction of sp³-hybridized carbons (Fsp3) is 0.143. The molecule has 0 aliphatic carbocycles. The van der Waals surface area contributed by atoms with Crippen molar-refractivity contribution in [1.29, 1.82) is 0 Å². The Hall–Kier alpha value is -4.45. The number of aryl methyl sites for hydroxylation is 1. The van der Waals surface area contributed by atoms with Gasteiger partial charge in [0, 0.05) is 17.0 Å². The Bertz CT molecular complexity index is 1650. The number of carbonyl (C=O) groups excluding carboxylic acids is 1. The maximum atomic E-state index is 13.6. The van der Waals surface area contributed by atoms with Crippen molar-refractivity contribution in [2.45, 2.75) is 24.9 Å². The van der Waals surface area contributed by atoms with Gasteiger partial charge in [0.2, 0.25) is 0 Å². The largest absolute Gasteiger partial charge is 0.418 e. The van der Waals surface area contributed by atoms with Crippen LogP contribution in [0.2, 0.25) is 0 Å². The zero-order valence-electron chi connectivity index (χ0n) is 21.4. The maximum absolute atomic E-state index is 13.6. The minimum Gasteiger partial charge on any atom is -0.317 e. The molecule has 40 heavy (non-hydrogen) atoms. The summed E-state index contributed by atoms with van der Waals surface area (Å²) in [6, 6.07) is 18.9. The van der Waals surface area contributed by atoms with Crippen LogP contribution in [0.4, 0.5) is 23.2 Å². The molecule has 0 saturated heterocycles. The molecule has 1 heterocycles. The molecule has 0 aliphatic rings. The predicted octanol–water partition coefficient (Wildman–Crippen LogP) is 5.60. The molecule has 0 radical (unpaired) electrons. The lowest BCUT2D eigenvalue weighted by Crippen LogP contribution is -2.39. The van der Waals surface area contributed by atoms with E-state index in [1.54, 1.807) is 26.0 Å². The van der Waals surface area contributed by atoms with Gasteiger partial charge in [-0.15, -0.1) is 0 Å². The molecular weight excluding hydrogens is 548 g/mol. The van der Waals surface area contributed by atoms with E-state index in [1.165, 1.54) is 65.4 Å². The molecule has 0 spiro atoms. The highest BCUT2D eigenvalue weighted by Gasteiger charge is 2.34. The molecule has 1 aromatic heterocycles. The van der Waals surface area contributed by atoms with E-state index in [2.05, 4.69) is 10.5 Å². The van der Waals surface area contributed by atoms with Crippen LogP contribution in [0.3, 0.4) is 0 Å². The van der Waals surface area contributed by atoms with Crippen molar-refractivity contribution in [2.75, 3.05) is 10.8 Å². The molecule has 0 atom stereocenters. The van der Waals surface area contributed by atoms with E-state index in [0.29, 0.717) is 17.0 Å². The number of nitrogens with one attached hydrogen (secondary N) is 1. The minimum atomic E-state index is -4.56. The normalized spacial score (nSPS) is 12.1. The number of para-hydroxylation sites is 1. The number of nitrogens with zero attached hydrogens (tertiary/aromatic N) is 3. The Kier molecular flexibility index (Phi) is 8.10. The van der Waals surface area contributed by atoms with Gasteiger partial charge in [-0.1, -0.05) is 30.3 Å².